The van der Waals surface area contributed by atoms with Gasteiger partial charge in [-0.2, -0.15) is 0 Å². The quantitative estimate of drug-likeness (QED) is 0.418. The smallest absolute Gasteiger partial charge is 0.308 e. The Kier molecular flexibility index (Phi) is 8.93. The van der Waals surface area contributed by atoms with E-state index in [0.29, 0.717) is 40.2 Å². The van der Waals surface area contributed by atoms with Crippen molar-refractivity contribution in [2.24, 2.45) is 5.92 Å². The van der Waals surface area contributed by atoms with Crippen molar-refractivity contribution in [3.63, 3.8) is 0 Å². The zero-order valence-electron chi connectivity index (χ0n) is 17.9. The topological polar surface area (TPSA) is 93.7 Å². The molecule has 1 aliphatic carbocycles. The normalized spacial score (nSPS) is 17.9. The van der Waals surface area contributed by atoms with Crippen LogP contribution in [0, 0.1) is 5.92 Å². The van der Waals surface area contributed by atoms with Gasteiger partial charge in [0, 0.05) is 18.7 Å². The Labute approximate surface area is 196 Å². The number of esters is 1. The van der Waals surface area contributed by atoms with Crippen molar-refractivity contribution < 1.29 is 23.9 Å². The predicted octanol–water partition coefficient (Wildman–Crippen LogP) is 4.06. The molecule has 1 aliphatic rings. The zero-order chi connectivity index (χ0) is 22.9. The highest BCUT2D eigenvalue weighted by Gasteiger charge is 2.28. The van der Waals surface area contributed by atoms with Crippen LogP contribution in [-0.2, 0) is 9.53 Å². The van der Waals surface area contributed by atoms with Crippen molar-refractivity contribution in [3.8, 4) is 5.75 Å². The SMILES string of the molecule is CCOC(=O)[C@H]1CC[C@@H](Oc2ccc(C(=O)NCCNC(=O)c3ccc(Cl)s3)cc2)CC1. The molecule has 2 aromatic rings. The van der Waals surface area contributed by atoms with Crippen LogP contribution in [0.3, 0.4) is 0 Å². The molecule has 0 atom stereocenters. The lowest BCUT2D eigenvalue weighted by Crippen LogP contribution is -2.34. The highest BCUT2D eigenvalue weighted by atomic mass is 35.5. The van der Waals surface area contributed by atoms with Crippen LogP contribution in [0.2, 0.25) is 4.34 Å². The van der Waals surface area contributed by atoms with E-state index in [1.54, 1.807) is 36.4 Å². The monoisotopic (exact) mass is 478 g/mol. The average molecular weight is 479 g/mol. The van der Waals surface area contributed by atoms with E-state index in [1.165, 1.54) is 11.3 Å². The summed E-state index contributed by atoms with van der Waals surface area (Å²) in [6.07, 6.45) is 3.19. The van der Waals surface area contributed by atoms with Gasteiger partial charge in [0.2, 0.25) is 0 Å². The van der Waals surface area contributed by atoms with Crippen molar-refractivity contribution >= 4 is 40.7 Å². The molecule has 32 heavy (non-hydrogen) atoms. The van der Waals surface area contributed by atoms with Crippen LogP contribution >= 0.6 is 22.9 Å². The number of carbonyl (C=O) groups is 3. The van der Waals surface area contributed by atoms with Crippen LogP contribution in [0.5, 0.6) is 5.75 Å². The first-order chi connectivity index (χ1) is 15.5. The van der Waals surface area contributed by atoms with Crippen LogP contribution in [0.15, 0.2) is 36.4 Å². The lowest BCUT2D eigenvalue weighted by atomic mass is 9.87. The van der Waals surface area contributed by atoms with Crippen molar-refractivity contribution in [2.75, 3.05) is 19.7 Å². The Morgan fingerprint density at radius 1 is 0.969 bits per heavy atom. The maximum Gasteiger partial charge on any atom is 0.308 e. The second kappa shape index (κ2) is 11.9. The molecule has 172 valence electrons. The highest BCUT2D eigenvalue weighted by Crippen LogP contribution is 2.28. The number of ether oxygens (including phenoxy) is 2. The number of nitrogens with one attached hydrogen (secondary N) is 2. The molecule has 1 saturated carbocycles. The van der Waals surface area contributed by atoms with Gasteiger partial charge in [-0.25, -0.2) is 0 Å². The van der Waals surface area contributed by atoms with Gasteiger partial charge in [-0.05, 0) is 69.0 Å². The van der Waals surface area contributed by atoms with Gasteiger partial charge in [0.05, 0.1) is 27.8 Å². The predicted molar refractivity (Wildman–Crippen MR) is 123 cm³/mol. The lowest BCUT2D eigenvalue weighted by molar-refractivity contribution is -0.149. The van der Waals surface area contributed by atoms with Gasteiger partial charge in [-0.3, -0.25) is 14.4 Å². The minimum atomic E-state index is -0.222. The maximum absolute atomic E-state index is 12.3. The van der Waals surface area contributed by atoms with Gasteiger partial charge in [0.25, 0.3) is 11.8 Å². The minimum absolute atomic E-state index is 0.0335. The van der Waals surface area contributed by atoms with Gasteiger partial charge >= 0.3 is 5.97 Å². The van der Waals surface area contributed by atoms with E-state index in [4.69, 9.17) is 21.1 Å². The third-order valence-corrected chi connectivity index (χ3v) is 6.44. The van der Waals surface area contributed by atoms with Crippen LogP contribution in [0.4, 0.5) is 0 Å². The molecule has 3 rings (SSSR count). The molecule has 1 aromatic heterocycles. The first-order valence-corrected chi connectivity index (χ1v) is 11.9. The summed E-state index contributed by atoms with van der Waals surface area (Å²) in [6, 6.07) is 10.3. The van der Waals surface area contributed by atoms with Crippen molar-refractivity contribution in [1.82, 2.24) is 10.6 Å². The number of thiophene rings is 1. The molecule has 0 bridgehead atoms. The maximum atomic E-state index is 12.3. The lowest BCUT2D eigenvalue weighted by Gasteiger charge is -2.27. The molecule has 2 amide bonds. The molecule has 1 heterocycles. The molecular weight excluding hydrogens is 452 g/mol. The first kappa shape index (κ1) is 24.1. The number of rotatable bonds is 9. The van der Waals surface area contributed by atoms with E-state index >= 15 is 0 Å². The summed E-state index contributed by atoms with van der Waals surface area (Å²) in [5.74, 6) is 0.113. The van der Waals surface area contributed by atoms with E-state index < -0.39 is 0 Å². The molecule has 0 spiro atoms. The second-order valence-electron chi connectivity index (χ2n) is 7.48. The number of carbonyl (C=O) groups excluding carboxylic acids is 3. The summed E-state index contributed by atoms with van der Waals surface area (Å²) in [5.41, 5.74) is 0.514. The van der Waals surface area contributed by atoms with Gasteiger partial charge < -0.3 is 20.1 Å². The summed E-state index contributed by atoms with van der Waals surface area (Å²) in [5, 5.41) is 5.52. The number of amides is 2. The number of hydrogen-bond acceptors (Lipinski definition) is 6. The van der Waals surface area contributed by atoms with E-state index in [1.807, 2.05) is 6.92 Å². The van der Waals surface area contributed by atoms with Gasteiger partial charge in [-0.15, -0.1) is 11.3 Å². The summed E-state index contributed by atoms with van der Waals surface area (Å²) in [7, 11) is 0. The van der Waals surface area contributed by atoms with Gasteiger partial charge in [0.15, 0.2) is 0 Å². The average Bonchev–Trinajstić information content (AvgIpc) is 3.24. The Balaban J connectivity index is 1.37. The molecular formula is C23H27ClN2O5S. The Bertz CT molecular complexity index is 923. The van der Waals surface area contributed by atoms with Crippen molar-refractivity contribution in [1.29, 1.82) is 0 Å². The highest BCUT2D eigenvalue weighted by molar-refractivity contribution is 7.17. The fourth-order valence-corrected chi connectivity index (χ4v) is 4.49. The molecule has 1 fully saturated rings. The largest absolute Gasteiger partial charge is 0.490 e. The van der Waals surface area contributed by atoms with Crippen LogP contribution in [-0.4, -0.2) is 43.6 Å². The molecule has 0 aliphatic heterocycles. The summed E-state index contributed by atoms with van der Waals surface area (Å²) < 4.78 is 11.7. The molecule has 2 N–H and O–H groups in total. The summed E-state index contributed by atoms with van der Waals surface area (Å²) in [6.45, 7) is 2.85. The number of hydrogen-bond donors (Lipinski definition) is 2. The number of halogens is 1. The van der Waals surface area contributed by atoms with Crippen molar-refractivity contribution in [2.45, 2.75) is 38.7 Å². The fourth-order valence-electron chi connectivity index (χ4n) is 3.53. The molecule has 1 aromatic carbocycles. The fraction of sp³-hybridized carbons (Fsp3) is 0.435. The second-order valence-corrected chi connectivity index (χ2v) is 9.20. The Morgan fingerprint density at radius 3 is 2.22 bits per heavy atom. The van der Waals surface area contributed by atoms with Crippen molar-refractivity contribution in [3.05, 3.63) is 51.2 Å². The third kappa shape index (κ3) is 6.97. The standard InChI is InChI=1S/C23H27ClN2O5S/c1-2-30-23(29)16-5-9-18(10-6-16)31-17-7-3-15(4-8-17)21(27)25-13-14-26-22(28)19-11-12-20(24)32-19/h3-4,7-8,11-12,16,18H,2,5-6,9-10,13-14H2,1H3,(H,25,27)(H,26,28)/t16-,18+. The van der Waals surface area contributed by atoms with Gasteiger partial charge in [-0.1, -0.05) is 11.6 Å². The van der Waals surface area contributed by atoms with Crippen LogP contribution in [0.25, 0.3) is 0 Å². The Hall–Kier alpha value is -2.58. The third-order valence-electron chi connectivity index (χ3n) is 5.21. The van der Waals surface area contributed by atoms with E-state index in [9.17, 15) is 14.4 Å². The van der Waals surface area contributed by atoms with Crippen LogP contribution in [0.1, 0.15) is 52.6 Å². The van der Waals surface area contributed by atoms with Crippen LogP contribution < -0.4 is 15.4 Å². The van der Waals surface area contributed by atoms with E-state index in [2.05, 4.69) is 10.6 Å². The van der Waals surface area contributed by atoms with E-state index in [-0.39, 0.29) is 29.8 Å². The summed E-state index contributed by atoms with van der Waals surface area (Å²) >= 11 is 7.03. The first-order valence-electron chi connectivity index (χ1n) is 10.7. The summed E-state index contributed by atoms with van der Waals surface area (Å²) in [4.78, 5) is 36.6. The molecule has 0 saturated heterocycles. The molecule has 9 heteroatoms. The molecule has 0 radical (unpaired) electrons. The van der Waals surface area contributed by atoms with E-state index in [0.717, 1.165) is 25.7 Å². The Morgan fingerprint density at radius 2 is 1.62 bits per heavy atom. The zero-order valence-corrected chi connectivity index (χ0v) is 19.5. The minimum Gasteiger partial charge on any atom is -0.490 e. The molecule has 7 nitrogen and oxygen atoms in total. The van der Waals surface area contributed by atoms with Gasteiger partial charge in [0.1, 0.15) is 5.75 Å². The molecule has 0 unspecified atom stereocenters. The number of benzene rings is 1.